The van der Waals surface area contributed by atoms with Crippen molar-refractivity contribution in [1.29, 1.82) is 0 Å². The van der Waals surface area contributed by atoms with Gasteiger partial charge in [-0.05, 0) is 38.8 Å². The molecule has 0 radical (unpaired) electrons. The van der Waals surface area contributed by atoms with Crippen LogP contribution in [0.25, 0.3) is 0 Å². The molecule has 0 aliphatic carbocycles. The van der Waals surface area contributed by atoms with E-state index in [1.807, 2.05) is 19.1 Å². The fraction of sp³-hybridized carbons (Fsp3) is 0.700. The lowest BCUT2D eigenvalue weighted by molar-refractivity contribution is -0.123. The number of para-hydroxylation sites is 1. The zero-order valence-corrected chi connectivity index (χ0v) is 15.4. The SMILES string of the molecule is COCCOc1ccccc1CN1CCCC1C1COCCC1(C)O. The monoisotopic (exact) mass is 349 g/mol. The molecule has 0 spiro atoms. The molecule has 0 saturated carbocycles. The minimum absolute atomic E-state index is 0.172. The topological polar surface area (TPSA) is 51.2 Å². The maximum absolute atomic E-state index is 10.8. The molecule has 2 saturated heterocycles. The molecular weight excluding hydrogens is 318 g/mol. The van der Waals surface area contributed by atoms with Gasteiger partial charge in [-0.3, -0.25) is 4.90 Å². The van der Waals surface area contributed by atoms with Crippen molar-refractivity contribution in [3.63, 3.8) is 0 Å². The van der Waals surface area contributed by atoms with Crippen LogP contribution < -0.4 is 4.74 Å². The van der Waals surface area contributed by atoms with Gasteiger partial charge in [-0.1, -0.05) is 18.2 Å². The maximum Gasteiger partial charge on any atom is 0.123 e. The van der Waals surface area contributed by atoms with Crippen LogP contribution in [0.15, 0.2) is 24.3 Å². The Morgan fingerprint density at radius 2 is 2.16 bits per heavy atom. The standard InChI is InChI=1S/C20H31NO4/c1-20(22)9-11-24-15-17(20)18-7-5-10-21(18)14-16-6-3-4-8-19(16)25-13-12-23-2/h3-4,6,8,17-18,22H,5,7,9-15H2,1-2H3. The van der Waals surface area contributed by atoms with Gasteiger partial charge in [-0.15, -0.1) is 0 Å². The average Bonchev–Trinajstić information content (AvgIpc) is 3.04. The Labute approximate surface area is 150 Å². The number of ether oxygens (including phenoxy) is 3. The molecule has 25 heavy (non-hydrogen) atoms. The predicted octanol–water partition coefficient (Wildman–Crippen LogP) is 2.46. The zero-order valence-electron chi connectivity index (χ0n) is 15.4. The number of methoxy groups -OCH3 is 1. The van der Waals surface area contributed by atoms with Crippen LogP contribution in [0.2, 0.25) is 0 Å². The van der Waals surface area contributed by atoms with Crippen molar-refractivity contribution in [2.75, 3.05) is 40.1 Å². The Morgan fingerprint density at radius 1 is 1.32 bits per heavy atom. The van der Waals surface area contributed by atoms with E-state index in [1.54, 1.807) is 7.11 Å². The first-order chi connectivity index (χ1) is 12.1. The minimum Gasteiger partial charge on any atom is -0.491 e. The van der Waals surface area contributed by atoms with Crippen LogP contribution in [-0.4, -0.2) is 61.7 Å². The summed E-state index contributed by atoms with van der Waals surface area (Å²) in [6.07, 6.45) is 3.01. The van der Waals surface area contributed by atoms with Crippen LogP contribution in [0.3, 0.4) is 0 Å². The summed E-state index contributed by atoms with van der Waals surface area (Å²) in [4.78, 5) is 2.49. The third-order valence-electron chi connectivity index (χ3n) is 5.62. The second-order valence-corrected chi connectivity index (χ2v) is 7.42. The number of hydrogen-bond donors (Lipinski definition) is 1. The van der Waals surface area contributed by atoms with E-state index in [0.29, 0.717) is 32.5 Å². The molecule has 5 heteroatoms. The first-order valence-electron chi connectivity index (χ1n) is 9.35. The summed E-state index contributed by atoms with van der Waals surface area (Å²) in [6, 6.07) is 8.58. The van der Waals surface area contributed by atoms with Crippen molar-refractivity contribution in [3.05, 3.63) is 29.8 Å². The van der Waals surface area contributed by atoms with E-state index >= 15 is 0 Å². The van der Waals surface area contributed by atoms with Crippen molar-refractivity contribution in [3.8, 4) is 5.75 Å². The molecule has 3 rings (SSSR count). The largest absolute Gasteiger partial charge is 0.491 e. The first-order valence-corrected chi connectivity index (χ1v) is 9.35. The molecule has 140 valence electrons. The van der Waals surface area contributed by atoms with Gasteiger partial charge in [0.25, 0.3) is 0 Å². The van der Waals surface area contributed by atoms with Gasteiger partial charge in [-0.25, -0.2) is 0 Å². The van der Waals surface area contributed by atoms with E-state index < -0.39 is 5.60 Å². The summed E-state index contributed by atoms with van der Waals surface area (Å²) >= 11 is 0. The lowest BCUT2D eigenvalue weighted by atomic mass is 9.79. The third kappa shape index (κ3) is 4.53. The molecule has 1 N–H and O–H groups in total. The molecule has 2 aliphatic rings. The van der Waals surface area contributed by atoms with Crippen LogP contribution in [0, 0.1) is 5.92 Å². The van der Waals surface area contributed by atoms with Crippen LogP contribution in [0.1, 0.15) is 31.7 Å². The normalized spacial score (nSPS) is 30.5. The predicted molar refractivity (Wildman–Crippen MR) is 96.8 cm³/mol. The van der Waals surface area contributed by atoms with Gasteiger partial charge in [0, 0.05) is 37.8 Å². The third-order valence-corrected chi connectivity index (χ3v) is 5.62. The Balaban J connectivity index is 1.69. The van der Waals surface area contributed by atoms with Crippen molar-refractivity contribution < 1.29 is 19.3 Å². The fourth-order valence-electron chi connectivity index (χ4n) is 4.11. The quantitative estimate of drug-likeness (QED) is 0.767. The molecule has 0 bridgehead atoms. The van der Waals surface area contributed by atoms with Crippen LogP contribution >= 0.6 is 0 Å². The average molecular weight is 349 g/mol. The number of hydrogen-bond acceptors (Lipinski definition) is 5. The molecule has 2 aliphatic heterocycles. The van der Waals surface area contributed by atoms with E-state index in [9.17, 15) is 5.11 Å². The van der Waals surface area contributed by atoms with Crippen molar-refractivity contribution in [2.24, 2.45) is 5.92 Å². The zero-order chi connectivity index (χ0) is 17.7. The maximum atomic E-state index is 10.8. The van der Waals surface area contributed by atoms with Crippen molar-refractivity contribution in [1.82, 2.24) is 4.90 Å². The second-order valence-electron chi connectivity index (χ2n) is 7.42. The minimum atomic E-state index is -0.639. The number of rotatable bonds is 7. The molecular formula is C20H31NO4. The molecule has 3 unspecified atom stereocenters. The van der Waals surface area contributed by atoms with Crippen LogP contribution in [-0.2, 0) is 16.0 Å². The van der Waals surface area contributed by atoms with Gasteiger partial charge in [0.15, 0.2) is 0 Å². The smallest absolute Gasteiger partial charge is 0.123 e. The summed E-state index contributed by atoms with van der Waals surface area (Å²) in [5.41, 5.74) is 0.557. The number of likely N-dealkylation sites (tertiary alicyclic amines) is 1. The molecule has 0 aromatic heterocycles. The van der Waals surface area contributed by atoms with Crippen molar-refractivity contribution in [2.45, 2.75) is 44.4 Å². The van der Waals surface area contributed by atoms with Crippen LogP contribution in [0.5, 0.6) is 5.75 Å². The second kappa shape index (κ2) is 8.49. The van der Waals surface area contributed by atoms with E-state index in [1.165, 1.54) is 12.0 Å². The van der Waals surface area contributed by atoms with E-state index in [4.69, 9.17) is 14.2 Å². The Hall–Kier alpha value is -1.14. The van der Waals surface area contributed by atoms with E-state index in [-0.39, 0.29) is 5.92 Å². The number of benzene rings is 1. The summed E-state index contributed by atoms with van der Waals surface area (Å²) in [6.45, 7) is 6.33. The first kappa shape index (κ1) is 18.6. The molecule has 0 amide bonds. The lowest BCUT2D eigenvalue weighted by Gasteiger charge is -2.43. The number of nitrogens with zero attached hydrogens (tertiary/aromatic N) is 1. The summed E-state index contributed by atoms with van der Waals surface area (Å²) in [5, 5.41) is 10.8. The summed E-state index contributed by atoms with van der Waals surface area (Å²) < 4.78 is 16.7. The summed E-state index contributed by atoms with van der Waals surface area (Å²) in [7, 11) is 1.68. The van der Waals surface area contributed by atoms with Gasteiger partial charge < -0.3 is 19.3 Å². The fourth-order valence-corrected chi connectivity index (χ4v) is 4.11. The van der Waals surface area contributed by atoms with E-state index in [2.05, 4.69) is 17.0 Å². The van der Waals surface area contributed by atoms with E-state index in [0.717, 1.165) is 31.7 Å². The molecule has 1 aromatic carbocycles. The lowest BCUT2D eigenvalue weighted by Crippen LogP contribution is -2.52. The Bertz CT molecular complexity index is 548. The van der Waals surface area contributed by atoms with Gasteiger partial charge >= 0.3 is 0 Å². The van der Waals surface area contributed by atoms with Gasteiger partial charge in [0.1, 0.15) is 12.4 Å². The highest BCUT2D eigenvalue weighted by molar-refractivity contribution is 5.33. The highest BCUT2D eigenvalue weighted by Gasteiger charge is 2.44. The molecule has 3 atom stereocenters. The molecule has 2 fully saturated rings. The van der Waals surface area contributed by atoms with Gasteiger partial charge in [0.2, 0.25) is 0 Å². The number of aliphatic hydroxyl groups is 1. The molecule has 1 aromatic rings. The Kier molecular flexibility index (Phi) is 6.34. The highest BCUT2D eigenvalue weighted by atomic mass is 16.5. The van der Waals surface area contributed by atoms with Crippen LogP contribution in [0.4, 0.5) is 0 Å². The summed E-state index contributed by atoms with van der Waals surface area (Å²) in [5.74, 6) is 1.10. The Morgan fingerprint density at radius 3 is 2.96 bits per heavy atom. The van der Waals surface area contributed by atoms with Gasteiger partial charge in [-0.2, -0.15) is 0 Å². The molecule has 5 nitrogen and oxygen atoms in total. The van der Waals surface area contributed by atoms with Crippen molar-refractivity contribution >= 4 is 0 Å². The van der Waals surface area contributed by atoms with Gasteiger partial charge in [0.05, 0.1) is 18.8 Å². The highest BCUT2D eigenvalue weighted by Crippen LogP contribution is 2.37. The molecule has 2 heterocycles.